The highest BCUT2D eigenvalue weighted by molar-refractivity contribution is 7.89. The van der Waals surface area contributed by atoms with Gasteiger partial charge in [-0.25, -0.2) is 8.42 Å². The van der Waals surface area contributed by atoms with Crippen LogP contribution >= 0.6 is 0 Å². The van der Waals surface area contributed by atoms with Gasteiger partial charge < -0.3 is 4.90 Å². The summed E-state index contributed by atoms with van der Waals surface area (Å²) in [5, 5.41) is 0. The van der Waals surface area contributed by atoms with Gasteiger partial charge >= 0.3 is 0 Å². The van der Waals surface area contributed by atoms with Gasteiger partial charge in [0.05, 0.1) is 11.4 Å². The minimum atomic E-state index is -3.58. The lowest BCUT2D eigenvalue weighted by atomic mass is 10.1. The number of hydrogen-bond acceptors (Lipinski definition) is 3. The Kier molecular flexibility index (Phi) is 3.88. The Balaban J connectivity index is 2.20. The van der Waals surface area contributed by atoms with Crippen LogP contribution in [-0.4, -0.2) is 48.7 Å². The van der Waals surface area contributed by atoms with E-state index >= 15 is 0 Å². The van der Waals surface area contributed by atoms with E-state index in [9.17, 15) is 13.2 Å². The summed E-state index contributed by atoms with van der Waals surface area (Å²) >= 11 is 0. The zero-order valence-electron chi connectivity index (χ0n) is 12.0. The SMILES string of the molecule is CC(C)(C)N1CCN(S(=O)(=O)c2ccccc2)CC1=O. The van der Waals surface area contributed by atoms with Crippen LogP contribution in [0.25, 0.3) is 0 Å². The van der Waals surface area contributed by atoms with Crippen LogP contribution in [0.2, 0.25) is 0 Å². The first-order valence-electron chi connectivity index (χ1n) is 6.58. The van der Waals surface area contributed by atoms with Gasteiger partial charge in [0.15, 0.2) is 0 Å². The van der Waals surface area contributed by atoms with E-state index in [2.05, 4.69) is 0 Å². The molecule has 1 aliphatic heterocycles. The maximum atomic E-state index is 12.4. The molecule has 5 nitrogen and oxygen atoms in total. The van der Waals surface area contributed by atoms with Crippen molar-refractivity contribution in [2.75, 3.05) is 19.6 Å². The third kappa shape index (κ3) is 2.86. The van der Waals surface area contributed by atoms with Crippen molar-refractivity contribution in [1.29, 1.82) is 0 Å². The number of sulfonamides is 1. The Bertz CT molecular complexity index is 591. The molecule has 20 heavy (non-hydrogen) atoms. The largest absolute Gasteiger partial charge is 0.335 e. The summed E-state index contributed by atoms with van der Waals surface area (Å²) in [6.07, 6.45) is 0. The maximum absolute atomic E-state index is 12.4. The predicted molar refractivity (Wildman–Crippen MR) is 76.7 cm³/mol. The van der Waals surface area contributed by atoms with E-state index in [1.165, 1.54) is 4.31 Å². The zero-order chi connectivity index (χ0) is 15.0. The van der Waals surface area contributed by atoms with Crippen molar-refractivity contribution in [3.63, 3.8) is 0 Å². The van der Waals surface area contributed by atoms with Crippen LogP contribution in [-0.2, 0) is 14.8 Å². The van der Waals surface area contributed by atoms with E-state index in [0.717, 1.165) is 0 Å². The highest BCUT2D eigenvalue weighted by Crippen LogP contribution is 2.21. The van der Waals surface area contributed by atoms with Gasteiger partial charge in [0.2, 0.25) is 15.9 Å². The predicted octanol–water partition coefficient (Wildman–Crippen LogP) is 1.32. The second-order valence-corrected chi connectivity index (χ2v) is 7.81. The van der Waals surface area contributed by atoms with Crippen molar-refractivity contribution < 1.29 is 13.2 Å². The molecule has 1 aromatic carbocycles. The molecule has 0 N–H and O–H groups in total. The molecule has 0 atom stereocenters. The molecule has 0 spiro atoms. The van der Waals surface area contributed by atoms with E-state index in [0.29, 0.717) is 13.1 Å². The number of amides is 1. The molecule has 1 fully saturated rings. The molecule has 0 unspecified atom stereocenters. The van der Waals surface area contributed by atoms with Crippen LogP contribution in [0.1, 0.15) is 20.8 Å². The third-order valence-electron chi connectivity index (χ3n) is 3.38. The summed E-state index contributed by atoms with van der Waals surface area (Å²) in [4.78, 5) is 14.1. The first-order chi connectivity index (χ1) is 9.23. The van der Waals surface area contributed by atoms with Crippen LogP contribution in [0.15, 0.2) is 35.2 Å². The molecule has 1 saturated heterocycles. The van der Waals surface area contributed by atoms with E-state index in [1.54, 1.807) is 35.2 Å². The van der Waals surface area contributed by atoms with E-state index < -0.39 is 10.0 Å². The van der Waals surface area contributed by atoms with Gasteiger partial charge in [-0.1, -0.05) is 18.2 Å². The maximum Gasteiger partial charge on any atom is 0.243 e. The fourth-order valence-corrected chi connectivity index (χ4v) is 3.71. The Labute approximate surface area is 120 Å². The monoisotopic (exact) mass is 296 g/mol. The molecule has 1 amide bonds. The van der Waals surface area contributed by atoms with Crippen molar-refractivity contribution in [1.82, 2.24) is 9.21 Å². The Morgan fingerprint density at radius 3 is 2.15 bits per heavy atom. The number of hydrogen-bond donors (Lipinski definition) is 0. The number of carbonyl (C=O) groups is 1. The van der Waals surface area contributed by atoms with E-state index in [4.69, 9.17) is 0 Å². The summed E-state index contributed by atoms with van der Waals surface area (Å²) in [5.74, 6) is -0.150. The Morgan fingerprint density at radius 1 is 1.05 bits per heavy atom. The van der Waals surface area contributed by atoms with Gasteiger partial charge in [0.1, 0.15) is 0 Å². The van der Waals surface area contributed by atoms with Crippen LogP contribution in [0.4, 0.5) is 0 Å². The van der Waals surface area contributed by atoms with Crippen molar-refractivity contribution in [2.45, 2.75) is 31.2 Å². The Morgan fingerprint density at radius 2 is 1.65 bits per heavy atom. The standard InChI is InChI=1S/C14H20N2O3S/c1-14(2,3)16-10-9-15(11-13(16)17)20(18,19)12-7-5-4-6-8-12/h4-8H,9-11H2,1-3H3. The lowest BCUT2D eigenvalue weighted by Gasteiger charge is -2.41. The number of benzene rings is 1. The lowest BCUT2D eigenvalue weighted by Crippen LogP contribution is -2.57. The average Bonchev–Trinajstić information content (AvgIpc) is 2.38. The van der Waals surface area contributed by atoms with Gasteiger partial charge in [-0.15, -0.1) is 0 Å². The molecule has 1 heterocycles. The van der Waals surface area contributed by atoms with Crippen molar-refractivity contribution in [2.24, 2.45) is 0 Å². The normalized spacial score (nSPS) is 18.4. The topological polar surface area (TPSA) is 57.7 Å². The van der Waals surface area contributed by atoms with Crippen molar-refractivity contribution >= 4 is 15.9 Å². The molecule has 1 aliphatic rings. The highest BCUT2D eigenvalue weighted by atomic mass is 32.2. The van der Waals surface area contributed by atoms with E-state index in [1.807, 2.05) is 20.8 Å². The second-order valence-electron chi connectivity index (χ2n) is 5.87. The lowest BCUT2D eigenvalue weighted by molar-refractivity contribution is -0.139. The first kappa shape index (κ1) is 15.0. The fourth-order valence-electron chi connectivity index (χ4n) is 2.31. The zero-order valence-corrected chi connectivity index (χ0v) is 12.9. The minimum Gasteiger partial charge on any atom is -0.335 e. The average molecular weight is 296 g/mol. The van der Waals surface area contributed by atoms with Crippen molar-refractivity contribution in [3.05, 3.63) is 30.3 Å². The number of carbonyl (C=O) groups excluding carboxylic acids is 1. The molecule has 2 rings (SSSR count). The number of rotatable bonds is 2. The van der Waals surface area contributed by atoms with Gasteiger partial charge in [0.25, 0.3) is 0 Å². The van der Waals surface area contributed by atoms with Gasteiger partial charge in [-0.3, -0.25) is 4.79 Å². The molecule has 6 heteroatoms. The van der Waals surface area contributed by atoms with Crippen LogP contribution in [0, 0.1) is 0 Å². The quantitative estimate of drug-likeness (QED) is 0.827. The Hall–Kier alpha value is -1.40. The van der Waals surface area contributed by atoms with E-state index in [-0.39, 0.29) is 22.9 Å². The van der Waals surface area contributed by atoms with Gasteiger partial charge in [-0.05, 0) is 32.9 Å². The highest BCUT2D eigenvalue weighted by Gasteiger charge is 2.36. The number of piperazine rings is 1. The molecule has 0 radical (unpaired) electrons. The van der Waals surface area contributed by atoms with Crippen LogP contribution in [0.5, 0.6) is 0 Å². The first-order valence-corrected chi connectivity index (χ1v) is 8.02. The molecule has 0 aromatic heterocycles. The molecule has 0 aliphatic carbocycles. The summed E-state index contributed by atoms with van der Waals surface area (Å²) in [6.45, 7) is 6.52. The van der Waals surface area contributed by atoms with Crippen molar-refractivity contribution in [3.8, 4) is 0 Å². The molecule has 0 saturated carbocycles. The van der Waals surface area contributed by atoms with Crippen LogP contribution in [0.3, 0.4) is 0 Å². The number of nitrogens with zero attached hydrogens (tertiary/aromatic N) is 2. The minimum absolute atomic E-state index is 0.0888. The van der Waals surface area contributed by atoms with Gasteiger partial charge in [-0.2, -0.15) is 4.31 Å². The second kappa shape index (κ2) is 5.18. The van der Waals surface area contributed by atoms with Crippen LogP contribution < -0.4 is 0 Å². The summed E-state index contributed by atoms with van der Waals surface area (Å²) in [5.41, 5.74) is -0.278. The third-order valence-corrected chi connectivity index (χ3v) is 5.24. The molecular formula is C14H20N2O3S. The summed E-state index contributed by atoms with van der Waals surface area (Å²) in [7, 11) is -3.58. The van der Waals surface area contributed by atoms with Gasteiger partial charge in [0, 0.05) is 18.6 Å². The molecular weight excluding hydrogens is 276 g/mol. The molecule has 110 valence electrons. The summed E-state index contributed by atoms with van der Waals surface area (Å²) in [6, 6.07) is 8.23. The molecule has 1 aromatic rings. The fraction of sp³-hybridized carbons (Fsp3) is 0.500. The smallest absolute Gasteiger partial charge is 0.243 e. The summed E-state index contributed by atoms with van der Waals surface area (Å²) < 4.78 is 26.1. The molecule has 0 bridgehead atoms.